The molecule has 0 atom stereocenters. The third-order valence-electron chi connectivity index (χ3n) is 5.13. The van der Waals surface area contributed by atoms with E-state index in [1.54, 1.807) is 4.90 Å². The molecule has 0 aromatic heterocycles. The van der Waals surface area contributed by atoms with Crippen LogP contribution in [0.5, 0.6) is 5.75 Å². The fraction of sp³-hybridized carbons (Fsp3) is 0.409. The van der Waals surface area contributed by atoms with E-state index in [1.165, 1.54) is 5.56 Å². The lowest BCUT2D eigenvalue weighted by atomic mass is 10.0. The molecule has 1 amide bonds. The zero-order valence-corrected chi connectivity index (χ0v) is 16.0. The smallest absolute Gasteiger partial charge is 0.292 e. The van der Waals surface area contributed by atoms with E-state index >= 15 is 0 Å². The molecular weight excluding hydrogens is 342 g/mol. The van der Waals surface area contributed by atoms with E-state index in [9.17, 15) is 4.79 Å². The molecule has 27 heavy (non-hydrogen) atoms. The second-order valence-electron chi connectivity index (χ2n) is 7.33. The highest BCUT2D eigenvalue weighted by Crippen LogP contribution is 2.45. The van der Waals surface area contributed by atoms with Crippen molar-refractivity contribution in [3.63, 3.8) is 0 Å². The normalized spacial score (nSPS) is 17.8. The van der Waals surface area contributed by atoms with Crippen molar-refractivity contribution < 1.29 is 19.0 Å². The molecule has 5 nitrogen and oxygen atoms in total. The molecule has 0 saturated carbocycles. The summed E-state index contributed by atoms with van der Waals surface area (Å²) in [4.78, 5) is 14.8. The summed E-state index contributed by atoms with van der Waals surface area (Å²) in [6.07, 6.45) is 0. The van der Waals surface area contributed by atoms with Gasteiger partial charge in [-0.1, -0.05) is 44.2 Å². The van der Waals surface area contributed by atoms with Gasteiger partial charge >= 0.3 is 0 Å². The van der Waals surface area contributed by atoms with Crippen LogP contribution in [0, 0.1) is 6.92 Å². The van der Waals surface area contributed by atoms with Crippen LogP contribution in [0.3, 0.4) is 0 Å². The third kappa shape index (κ3) is 3.01. The van der Waals surface area contributed by atoms with Crippen LogP contribution in [0.4, 0.5) is 5.69 Å². The predicted molar refractivity (Wildman–Crippen MR) is 103 cm³/mol. The Labute approximate surface area is 159 Å². The topological polar surface area (TPSA) is 48.0 Å². The zero-order valence-electron chi connectivity index (χ0n) is 16.0. The number of carbonyl (C=O) groups is 1. The van der Waals surface area contributed by atoms with Crippen LogP contribution < -0.4 is 9.64 Å². The molecule has 1 fully saturated rings. The Morgan fingerprint density at radius 3 is 2.63 bits per heavy atom. The molecule has 2 heterocycles. The first-order chi connectivity index (χ1) is 13.0. The van der Waals surface area contributed by atoms with E-state index in [-0.39, 0.29) is 5.91 Å². The molecule has 5 heteroatoms. The Morgan fingerprint density at radius 2 is 1.89 bits per heavy atom. The number of hydrogen-bond donors (Lipinski definition) is 0. The van der Waals surface area contributed by atoms with E-state index in [4.69, 9.17) is 14.2 Å². The van der Waals surface area contributed by atoms with Crippen molar-refractivity contribution in [1.29, 1.82) is 0 Å². The predicted octanol–water partition coefficient (Wildman–Crippen LogP) is 3.74. The lowest BCUT2D eigenvalue weighted by Gasteiger charge is -2.22. The van der Waals surface area contributed by atoms with E-state index < -0.39 is 5.79 Å². The fourth-order valence-corrected chi connectivity index (χ4v) is 3.79. The van der Waals surface area contributed by atoms with Gasteiger partial charge in [0, 0.05) is 5.56 Å². The summed E-state index contributed by atoms with van der Waals surface area (Å²) in [7, 11) is 0. The van der Waals surface area contributed by atoms with Gasteiger partial charge in [0.15, 0.2) is 0 Å². The first-order valence-corrected chi connectivity index (χ1v) is 9.45. The Bertz CT molecular complexity index is 855. The second-order valence-corrected chi connectivity index (χ2v) is 7.33. The number of aryl methyl sites for hydroxylation is 1. The number of anilines is 1. The number of ether oxygens (including phenoxy) is 3. The van der Waals surface area contributed by atoms with Gasteiger partial charge in [0.25, 0.3) is 11.7 Å². The van der Waals surface area contributed by atoms with Gasteiger partial charge in [-0.15, -0.1) is 0 Å². The maximum atomic E-state index is 13.1. The van der Waals surface area contributed by atoms with Crippen molar-refractivity contribution >= 4 is 11.6 Å². The minimum Gasteiger partial charge on any atom is -0.491 e. The molecule has 1 spiro atoms. The molecule has 142 valence electrons. The number of hydrogen-bond acceptors (Lipinski definition) is 4. The van der Waals surface area contributed by atoms with Crippen LogP contribution in [0.1, 0.15) is 36.5 Å². The van der Waals surface area contributed by atoms with Crippen LogP contribution in [0.15, 0.2) is 42.5 Å². The number of nitrogens with zero attached hydrogens (tertiary/aromatic N) is 1. The molecule has 2 aromatic carbocycles. The van der Waals surface area contributed by atoms with Crippen molar-refractivity contribution in [2.24, 2.45) is 0 Å². The van der Waals surface area contributed by atoms with Crippen molar-refractivity contribution in [3.8, 4) is 5.75 Å². The lowest BCUT2D eigenvalue weighted by molar-refractivity contribution is -0.180. The molecular formula is C22H25NO4. The summed E-state index contributed by atoms with van der Waals surface area (Å²) in [6.45, 7) is 8.04. The molecule has 2 aliphatic heterocycles. The molecule has 0 unspecified atom stereocenters. The number of carbonyl (C=O) groups excluding carboxylic acids is 1. The molecule has 0 aliphatic carbocycles. The number of benzene rings is 2. The van der Waals surface area contributed by atoms with Gasteiger partial charge < -0.3 is 19.1 Å². The van der Waals surface area contributed by atoms with Gasteiger partial charge in [-0.3, -0.25) is 4.79 Å². The average Bonchev–Trinajstić information content (AvgIpc) is 3.23. The van der Waals surface area contributed by atoms with E-state index in [1.807, 2.05) is 24.3 Å². The molecule has 0 bridgehead atoms. The second kappa shape index (κ2) is 6.98. The molecule has 1 saturated heterocycles. The first kappa shape index (κ1) is 18.0. The number of fused-ring (bicyclic) bond motifs is 2. The maximum Gasteiger partial charge on any atom is 0.292 e. The summed E-state index contributed by atoms with van der Waals surface area (Å²) in [5.74, 6) is -0.187. The maximum absolute atomic E-state index is 13.1. The standard InChI is InChI=1S/C22H25NO4/c1-15(2)17-9-8-16(3)14-20(17)25-11-10-23-19-7-5-4-6-18(19)22(21(23)24)26-12-13-27-22/h4-9,14-15H,10-13H2,1-3H3. The van der Waals surface area contributed by atoms with Crippen LogP contribution in [0.2, 0.25) is 0 Å². The minimum atomic E-state index is -1.27. The summed E-state index contributed by atoms with van der Waals surface area (Å²) in [6, 6.07) is 13.9. The zero-order chi connectivity index (χ0) is 19.0. The number of para-hydroxylation sites is 1. The Hall–Kier alpha value is -2.37. The summed E-state index contributed by atoms with van der Waals surface area (Å²) in [5, 5.41) is 0. The highest BCUT2D eigenvalue weighted by molar-refractivity contribution is 6.06. The Balaban J connectivity index is 1.53. The average molecular weight is 367 g/mol. The van der Waals surface area contributed by atoms with E-state index in [2.05, 4.69) is 39.0 Å². The van der Waals surface area contributed by atoms with Crippen molar-refractivity contribution in [2.75, 3.05) is 31.3 Å². The number of rotatable bonds is 5. The SMILES string of the molecule is Cc1ccc(C(C)C)c(OCCN2C(=O)C3(OCCO3)c3ccccc32)c1. The van der Waals surface area contributed by atoms with E-state index in [0.29, 0.717) is 32.3 Å². The van der Waals surface area contributed by atoms with Crippen molar-refractivity contribution in [2.45, 2.75) is 32.5 Å². The van der Waals surface area contributed by atoms with Gasteiger partial charge in [0.2, 0.25) is 0 Å². The van der Waals surface area contributed by atoms with E-state index in [0.717, 1.165) is 22.6 Å². The van der Waals surface area contributed by atoms with Crippen LogP contribution in [-0.4, -0.2) is 32.3 Å². The molecule has 0 N–H and O–H groups in total. The van der Waals surface area contributed by atoms with Gasteiger partial charge in [-0.25, -0.2) is 0 Å². The first-order valence-electron chi connectivity index (χ1n) is 9.45. The summed E-state index contributed by atoms with van der Waals surface area (Å²) < 4.78 is 17.6. The van der Waals surface area contributed by atoms with Gasteiger partial charge in [-0.2, -0.15) is 0 Å². The van der Waals surface area contributed by atoms with Gasteiger partial charge in [0.1, 0.15) is 12.4 Å². The quantitative estimate of drug-likeness (QED) is 0.808. The third-order valence-corrected chi connectivity index (χ3v) is 5.13. The number of amides is 1. The Kier molecular flexibility index (Phi) is 4.66. The largest absolute Gasteiger partial charge is 0.491 e. The van der Waals surface area contributed by atoms with Gasteiger partial charge in [0.05, 0.1) is 25.4 Å². The highest BCUT2D eigenvalue weighted by Gasteiger charge is 2.55. The summed E-state index contributed by atoms with van der Waals surface area (Å²) >= 11 is 0. The minimum absolute atomic E-state index is 0.168. The Morgan fingerprint density at radius 1 is 1.15 bits per heavy atom. The molecule has 4 rings (SSSR count). The monoisotopic (exact) mass is 367 g/mol. The molecule has 2 aromatic rings. The van der Waals surface area contributed by atoms with Crippen molar-refractivity contribution in [1.82, 2.24) is 0 Å². The lowest BCUT2D eigenvalue weighted by Crippen LogP contribution is -2.42. The molecule has 0 radical (unpaired) electrons. The van der Waals surface area contributed by atoms with Gasteiger partial charge in [-0.05, 0) is 36.1 Å². The fourth-order valence-electron chi connectivity index (χ4n) is 3.79. The van der Waals surface area contributed by atoms with Crippen LogP contribution in [0.25, 0.3) is 0 Å². The molecule has 2 aliphatic rings. The highest BCUT2D eigenvalue weighted by atomic mass is 16.7. The van der Waals surface area contributed by atoms with Crippen LogP contribution in [-0.2, 0) is 20.1 Å². The summed E-state index contributed by atoms with van der Waals surface area (Å²) in [5.41, 5.74) is 3.95. The van der Waals surface area contributed by atoms with Crippen molar-refractivity contribution in [3.05, 3.63) is 59.2 Å². The van der Waals surface area contributed by atoms with Crippen LogP contribution >= 0.6 is 0 Å².